The summed E-state index contributed by atoms with van der Waals surface area (Å²) in [4.78, 5) is 19.9. The SMILES string of the molecule is CNc1ncc(-c2nc(-c3cc(C)c(OCCNC(=O)O)c(C)c3)no2)c2c1CC(C)(C)CC2. The number of fused-ring (bicyclic) bond motifs is 1. The summed E-state index contributed by atoms with van der Waals surface area (Å²) < 4.78 is 11.5. The molecule has 0 saturated carbocycles. The van der Waals surface area contributed by atoms with Crippen LogP contribution in [0.25, 0.3) is 22.8 Å². The fraction of sp³-hybridized carbons (Fsp3) is 0.440. The Bertz CT molecular complexity index is 1200. The molecule has 9 nitrogen and oxygen atoms in total. The van der Waals surface area contributed by atoms with Crippen LogP contribution in [0.4, 0.5) is 10.6 Å². The molecule has 34 heavy (non-hydrogen) atoms. The molecule has 0 atom stereocenters. The Kier molecular flexibility index (Phi) is 6.45. The Balaban J connectivity index is 1.60. The monoisotopic (exact) mass is 465 g/mol. The van der Waals surface area contributed by atoms with Crippen LogP contribution in [0.5, 0.6) is 5.75 Å². The normalized spacial score (nSPS) is 14.4. The Morgan fingerprint density at radius 3 is 2.65 bits per heavy atom. The molecule has 2 aromatic heterocycles. The average molecular weight is 466 g/mol. The van der Waals surface area contributed by atoms with Crippen LogP contribution in [0.3, 0.4) is 0 Å². The van der Waals surface area contributed by atoms with Crippen molar-refractivity contribution in [2.75, 3.05) is 25.5 Å². The van der Waals surface area contributed by atoms with Crippen LogP contribution in [-0.2, 0) is 12.8 Å². The van der Waals surface area contributed by atoms with Crippen molar-refractivity contribution in [2.24, 2.45) is 5.41 Å². The lowest BCUT2D eigenvalue weighted by molar-refractivity contribution is 0.191. The van der Waals surface area contributed by atoms with Crippen molar-refractivity contribution in [1.82, 2.24) is 20.4 Å². The Morgan fingerprint density at radius 2 is 1.97 bits per heavy atom. The molecule has 0 spiro atoms. The van der Waals surface area contributed by atoms with Crippen molar-refractivity contribution in [3.05, 3.63) is 40.6 Å². The van der Waals surface area contributed by atoms with Gasteiger partial charge in [0.15, 0.2) is 0 Å². The minimum absolute atomic E-state index is 0.214. The number of aryl methyl sites for hydroxylation is 2. The highest BCUT2D eigenvalue weighted by molar-refractivity contribution is 5.68. The smallest absolute Gasteiger partial charge is 0.404 e. The maximum Gasteiger partial charge on any atom is 0.404 e. The number of ether oxygens (including phenoxy) is 1. The lowest BCUT2D eigenvalue weighted by Gasteiger charge is -2.32. The van der Waals surface area contributed by atoms with Gasteiger partial charge in [-0.15, -0.1) is 0 Å². The lowest BCUT2D eigenvalue weighted by atomic mass is 9.73. The average Bonchev–Trinajstić information content (AvgIpc) is 3.26. The van der Waals surface area contributed by atoms with Crippen molar-refractivity contribution in [3.8, 4) is 28.6 Å². The van der Waals surface area contributed by atoms with Gasteiger partial charge in [-0.3, -0.25) is 0 Å². The summed E-state index contributed by atoms with van der Waals surface area (Å²) in [5.74, 6) is 2.61. The van der Waals surface area contributed by atoms with Crippen molar-refractivity contribution in [2.45, 2.75) is 47.0 Å². The van der Waals surface area contributed by atoms with Gasteiger partial charge in [-0.05, 0) is 72.9 Å². The number of anilines is 1. The Labute approximate surface area is 198 Å². The third-order valence-corrected chi connectivity index (χ3v) is 6.24. The summed E-state index contributed by atoms with van der Waals surface area (Å²) >= 11 is 0. The predicted octanol–water partition coefficient (Wildman–Crippen LogP) is 4.62. The number of pyridine rings is 1. The zero-order chi connectivity index (χ0) is 24.5. The molecule has 0 saturated heterocycles. The van der Waals surface area contributed by atoms with Crippen LogP contribution in [0, 0.1) is 19.3 Å². The van der Waals surface area contributed by atoms with Crippen molar-refractivity contribution < 1.29 is 19.2 Å². The van der Waals surface area contributed by atoms with Gasteiger partial charge in [0.1, 0.15) is 18.2 Å². The van der Waals surface area contributed by atoms with Gasteiger partial charge < -0.3 is 25.0 Å². The van der Waals surface area contributed by atoms with E-state index in [0.29, 0.717) is 11.7 Å². The van der Waals surface area contributed by atoms with E-state index in [-0.39, 0.29) is 18.6 Å². The Morgan fingerprint density at radius 1 is 1.24 bits per heavy atom. The molecule has 9 heteroatoms. The quantitative estimate of drug-likeness (QED) is 0.432. The molecule has 1 aliphatic rings. The van der Waals surface area contributed by atoms with Gasteiger partial charge in [0, 0.05) is 18.8 Å². The highest BCUT2D eigenvalue weighted by atomic mass is 16.5. The maximum atomic E-state index is 10.6. The lowest BCUT2D eigenvalue weighted by Crippen LogP contribution is -2.26. The first kappa shape index (κ1) is 23.5. The standard InChI is InChI=1S/C25H31N5O4/c1-14-10-16(11-15(2)20(14)33-9-8-27-24(31)32)21-29-23(34-30-21)19-13-28-22(26-5)18-12-25(3,4)7-6-17(18)19/h10-11,13,27H,6-9,12H2,1-5H3,(H,26,28)(H,31,32). The molecule has 0 fully saturated rings. The van der Waals surface area contributed by atoms with E-state index in [9.17, 15) is 4.79 Å². The molecule has 2 heterocycles. The summed E-state index contributed by atoms with van der Waals surface area (Å²) in [6, 6.07) is 3.89. The second kappa shape index (κ2) is 9.32. The van der Waals surface area contributed by atoms with Crippen LogP contribution in [0.1, 0.15) is 42.5 Å². The number of nitrogens with zero attached hydrogens (tertiary/aromatic N) is 3. The Hall–Kier alpha value is -3.62. The molecule has 3 aromatic rings. The zero-order valence-corrected chi connectivity index (χ0v) is 20.3. The fourth-order valence-electron chi connectivity index (χ4n) is 4.56. The summed E-state index contributed by atoms with van der Waals surface area (Å²) in [5, 5.41) is 18.4. The zero-order valence-electron chi connectivity index (χ0n) is 20.3. The molecule has 0 aliphatic heterocycles. The van der Waals surface area contributed by atoms with Gasteiger partial charge in [0.25, 0.3) is 5.89 Å². The molecular weight excluding hydrogens is 434 g/mol. The van der Waals surface area contributed by atoms with E-state index in [1.807, 2.05) is 39.2 Å². The molecule has 1 aromatic carbocycles. The molecular formula is C25H31N5O4. The third kappa shape index (κ3) is 4.83. The molecule has 0 bridgehead atoms. The topological polar surface area (TPSA) is 122 Å². The van der Waals surface area contributed by atoms with Crippen LogP contribution >= 0.6 is 0 Å². The molecule has 1 aliphatic carbocycles. The van der Waals surface area contributed by atoms with Crippen LogP contribution in [-0.4, -0.2) is 46.5 Å². The number of amides is 1. The van der Waals surface area contributed by atoms with Gasteiger partial charge in [-0.1, -0.05) is 19.0 Å². The van der Waals surface area contributed by atoms with E-state index < -0.39 is 6.09 Å². The number of hydrogen-bond acceptors (Lipinski definition) is 7. The number of benzene rings is 1. The second-order valence-electron chi connectivity index (χ2n) is 9.51. The molecule has 1 amide bonds. The first-order valence-corrected chi connectivity index (χ1v) is 11.4. The molecule has 0 unspecified atom stereocenters. The first-order valence-electron chi connectivity index (χ1n) is 11.4. The molecule has 3 N–H and O–H groups in total. The number of aromatic nitrogens is 3. The van der Waals surface area contributed by atoms with Crippen LogP contribution in [0.15, 0.2) is 22.9 Å². The van der Waals surface area contributed by atoms with Gasteiger partial charge in [0.2, 0.25) is 5.82 Å². The van der Waals surface area contributed by atoms with E-state index in [0.717, 1.165) is 53.1 Å². The largest absolute Gasteiger partial charge is 0.491 e. The minimum atomic E-state index is -1.07. The van der Waals surface area contributed by atoms with Gasteiger partial charge in [-0.25, -0.2) is 9.78 Å². The van der Waals surface area contributed by atoms with Gasteiger partial charge in [0.05, 0.1) is 12.1 Å². The number of hydrogen-bond donors (Lipinski definition) is 3. The third-order valence-electron chi connectivity index (χ3n) is 6.24. The van der Waals surface area contributed by atoms with E-state index in [4.69, 9.17) is 19.4 Å². The summed E-state index contributed by atoms with van der Waals surface area (Å²) in [6.07, 6.45) is 3.72. The summed E-state index contributed by atoms with van der Waals surface area (Å²) in [6.45, 7) is 8.91. The second-order valence-corrected chi connectivity index (χ2v) is 9.51. The van der Waals surface area contributed by atoms with Crippen molar-refractivity contribution >= 4 is 11.9 Å². The number of rotatable bonds is 7. The first-order chi connectivity index (χ1) is 16.2. The summed E-state index contributed by atoms with van der Waals surface area (Å²) in [7, 11) is 1.90. The maximum absolute atomic E-state index is 10.6. The number of carbonyl (C=O) groups is 1. The van der Waals surface area contributed by atoms with Gasteiger partial charge >= 0.3 is 6.09 Å². The van der Waals surface area contributed by atoms with Crippen molar-refractivity contribution in [1.29, 1.82) is 0 Å². The van der Waals surface area contributed by atoms with Crippen LogP contribution in [0.2, 0.25) is 0 Å². The van der Waals surface area contributed by atoms with E-state index >= 15 is 0 Å². The fourth-order valence-corrected chi connectivity index (χ4v) is 4.56. The van der Waals surface area contributed by atoms with Gasteiger partial charge in [-0.2, -0.15) is 4.98 Å². The van der Waals surface area contributed by atoms with E-state index in [1.54, 1.807) is 0 Å². The van der Waals surface area contributed by atoms with Crippen molar-refractivity contribution in [3.63, 3.8) is 0 Å². The number of carboxylic acid groups (broad SMARTS) is 1. The number of nitrogens with one attached hydrogen (secondary N) is 2. The summed E-state index contributed by atoms with van der Waals surface area (Å²) in [5.41, 5.74) is 6.22. The molecule has 180 valence electrons. The minimum Gasteiger partial charge on any atom is -0.491 e. The molecule has 0 radical (unpaired) electrons. The van der Waals surface area contributed by atoms with E-state index in [2.05, 4.69) is 34.6 Å². The highest BCUT2D eigenvalue weighted by Crippen LogP contribution is 2.41. The van der Waals surface area contributed by atoms with E-state index in [1.165, 1.54) is 11.1 Å². The van der Waals surface area contributed by atoms with Crippen LogP contribution < -0.4 is 15.4 Å². The molecule has 4 rings (SSSR count). The highest BCUT2D eigenvalue weighted by Gasteiger charge is 2.30. The predicted molar refractivity (Wildman–Crippen MR) is 129 cm³/mol.